The van der Waals surface area contributed by atoms with Gasteiger partial charge in [0.05, 0.1) is 17.8 Å². The highest BCUT2D eigenvalue weighted by atomic mass is 16.5. The van der Waals surface area contributed by atoms with Gasteiger partial charge in [0.1, 0.15) is 0 Å². The van der Waals surface area contributed by atoms with Gasteiger partial charge in [-0.3, -0.25) is 9.78 Å². The fourth-order valence-electron chi connectivity index (χ4n) is 2.72. The van der Waals surface area contributed by atoms with E-state index in [1.807, 2.05) is 26.0 Å². The Morgan fingerprint density at radius 1 is 1.19 bits per heavy atom. The molecule has 0 aliphatic carbocycles. The number of benzene rings is 1. The number of methoxy groups -OCH3 is 1. The summed E-state index contributed by atoms with van der Waals surface area (Å²) < 4.78 is 5.29. The van der Waals surface area contributed by atoms with Crippen molar-refractivity contribution in [2.24, 2.45) is 0 Å². The van der Waals surface area contributed by atoms with Crippen molar-refractivity contribution in [1.82, 2.24) is 15.2 Å². The fraction of sp³-hybridized carbons (Fsp3) is 0.350. The number of ether oxygens (including phenoxy) is 1. The highest BCUT2D eigenvalue weighted by molar-refractivity contribution is 5.95. The summed E-state index contributed by atoms with van der Waals surface area (Å²) in [5, 5.41) is 5.70. The van der Waals surface area contributed by atoms with Crippen LogP contribution in [0.15, 0.2) is 42.6 Å². The van der Waals surface area contributed by atoms with Crippen LogP contribution in [0.2, 0.25) is 0 Å². The first-order chi connectivity index (χ1) is 12.9. The van der Waals surface area contributed by atoms with Crippen LogP contribution in [0.25, 0.3) is 0 Å². The molecule has 1 aliphatic heterocycles. The Balaban J connectivity index is 1.55. The summed E-state index contributed by atoms with van der Waals surface area (Å²) in [6.07, 6.45) is 1.73. The number of carbonyl (C=O) groups is 2. The molecule has 3 amide bonds. The molecule has 0 unspecified atom stereocenters. The van der Waals surface area contributed by atoms with E-state index in [2.05, 4.69) is 15.6 Å². The molecule has 2 aromatic rings. The highest BCUT2D eigenvalue weighted by Gasteiger charge is 2.24. The number of amides is 3. The molecule has 1 aromatic heterocycles. The third-order valence-electron chi connectivity index (χ3n) is 4.60. The molecule has 0 fully saturated rings. The van der Waals surface area contributed by atoms with Crippen molar-refractivity contribution in [3.63, 3.8) is 0 Å². The second-order valence-electron chi connectivity index (χ2n) is 7.12. The van der Waals surface area contributed by atoms with E-state index in [-0.39, 0.29) is 11.9 Å². The van der Waals surface area contributed by atoms with E-state index in [0.717, 1.165) is 11.3 Å². The molecule has 142 valence electrons. The number of nitrogens with zero attached hydrogens (tertiary/aromatic N) is 2. The van der Waals surface area contributed by atoms with Gasteiger partial charge in [-0.05, 0) is 49.7 Å². The van der Waals surface area contributed by atoms with Gasteiger partial charge in [-0.1, -0.05) is 6.07 Å². The minimum atomic E-state index is -0.425. The molecule has 1 aliphatic rings. The standard InChI is InChI=1S/C20H24N4O3/c1-20(2,27-3)13-22-18(25)14-6-8-16(9-7-14)23-19(26)24-11-15-5-4-10-21-17(15)12-24/h4-10H,11-13H2,1-3H3,(H,22,25)(H,23,26). The third-order valence-corrected chi connectivity index (χ3v) is 4.60. The number of hydrogen-bond donors (Lipinski definition) is 2. The number of urea groups is 1. The summed E-state index contributed by atoms with van der Waals surface area (Å²) in [4.78, 5) is 30.6. The van der Waals surface area contributed by atoms with Gasteiger partial charge < -0.3 is 20.3 Å². The molecule has 0 saturated heterocycles. The van der Waals surface area contributed by atoms with Gasteiger partial charge in [-0.15, -0.1) is 0 Å². The van der Waals surface area contributed by atoms with Crippen molar-refractivity contribution < 1.29 is 14.3 Å². The van der Waals surface area contributed by atoms with Crippen LogP contribution in [0.1, 0.15) is 35.5 Å². The van der Waals surface area contributed by atoms with Crippen molar-refractivity contribution in [2.45, 2.75) is 32.5 Å². The van der Waals surface area contributed by atoms with Crippen LogP contribution < -0.4 is 10.6 Å². The summed E-state index contributed by atoms with van der Waals surface area (Å²) >= 11 is 0. The average molecular weight is 368 g/mol. The maximum atomic E-state index is 12.4. The van der Waals surface area contributed by atoms with Gasteiger partial charge in [-0.25, -0.2) is 4.79 Å². The number of hydrogen-bond acceptors (Lipinski definition) is 4. The van der Waals surface area contributed by atoms with Crippen molar-refractivity contribution in [2.75, 3.05) is 19.0 Å². The molecule has 0 bridgehead atoms. The second-order valence-corrected chi connectivity index (χ2v) is 7.12. The molecule has 0 radical (unpaired) electrons. The zero-order chi connectivity index (χ0) is 19.4. The molecular weight excluding hydrogens is 344 g/mol. The van der Waals surface area contributed by atoms with Gasteiger partial charge in [0.2, 0.25) is 0 Å². The van der Waals surface area contributed by atoms with Crippen molar-refractivity contribution in [3.8, 4) is 0 Å². The second kappa shape index (κ2) is 7.75. The van der Waals surface area contributed by atoms with E-state index >= 15 is 0 Å². The largest absolute Gasteiger partial charge is 0.377 e. The van der Waals surface area contributed by atoms with Crippen LogP contribution in [-0.4, -0.2) is 41.1 Å². The quantitative estimate of drug-likeness (QED) is 0.850. The molecular formula is C20H24N4O3. The highest BCUT2D eigenvalue weighted by Crippen LogP contribution is 2.21. The number of rotatable bonds is 5. The Morgan fingerprint density at radius 3 is 2.59 bits per heavy atom. The van der Waals surface area contributed by atoms with Crippen molar-refractivity contribution in [3.05, 3.63) is 59.4 Å². The first kappa shape index (κ1) is 18.8. The van der Waals surface area contributed by atoms with E-state index in [0.29, 0.717) is 30.9 Å². The first-order valence-electron chi connectivity index (χ1n) is 8.80. The van der Waals surface area contributed by atoms with Gasteiger partial charge in [0.15, 0.2) is 0 Å². The third kappa shape index (κ3) is 4.62. The molecule has 7 heteroatoms. The Hall–Kier alpha value is -2.93. The number of carbonyl (C=O) groups excluding carboxylic acids is 2. The molecule has 3 rings (SSSR count). The minimum absolute atomic E-state index is 0.181. The molecule has 1 aromatic carbocycles. The van der Waals surface area contributed by atoms with Crippen molar-refractivity contribution >= 4 is 17.6 Å². The van der Waals surface area contributed by atoms with Crippen LogP contribution in [0.3, 0.4) is 0 Å². The number of aromatic nitrogens is 1. The maximum Gasteiger partial charge on any atom is 0.322 e. The van der Waals surface area contributed by atoms with Crippen LogP contribution in [0.4, 0.5) is 10.5 Å². The predicted octanol–water partition coefficient (Wildman–Crippen LogP) is 2.78. The summed E-state index contributed by atoms with van der Waals surface area (Å²) in [5.41, 5.74) is 2.74. The molecule has 0 spiro atoms. The lowest BCUT2D eigenvalue weighted by atomic mass is 10.1. The number of pyridine rings is 1. The molecule has 0 atom stereocenters. The van der Waals surface area contributed by atoms with E-state index in [4.69, 9.17) is 4.74 Å². The zero-order valence-corrected chi connectivity index (χ0v) is 15.8. The Bertz CT molecular complexity index is 808. The van der Waals surface area contributed by atoms with Gasteiger partial charge in [-0.2, -0.15) is 0 Å². The monoisotopic (exact) mass is 368 g/mol. The Labute approximate surface area is 158 Å². The minimum Gasteiger partial charge on any atom is -0.377 e. The lowest BCUT2D eigenvalue weighted by molar-refractivity contribution is 0.0229. The zero-order valence-electron chi connectivity index (χ0n) is 15.8. The number of anilines is 1. The lowest BCUT2D eigenvalue weighted by Gasteiger charge is -2.23. The van der Waals surface area contributed by atoms with E-state index in [9.17, 15) is 9.59 Å². The SMILES string of the molecule is COC(C)(C)CNC(=O)c1ccc(NC(=O)N2Cc3cccnc3C2)cc1. The van der Waals surface area contributed by atoms with Gasteiger partial charge >= 0.3 is 6.03 Å². The van der Waals surface area contributed by atoms with E-state index in [1.54, 1.807) is 42.5 Å². The number of nitrogens with one attached hydrogen (secondary N) is 2. The van der Waals surface area contributed by atoms with E-state index < -0.39 is 5.60 Å². The molecule has 27 heavy (non-hydrogen) atoms. The lowest BCUT2D eigenvalue weighted by Crippen LogP contribution is -2.39. The van der Waals surface area contributed by atoms with Crippen LogP contribution in [0.5, 0.6) is 0 Å². The normalized spacial score (nSPS) is 13.2. The maximum absolute atomic E-state index is 12.4. The summed E-state index contributed by atoms with van der Waals surface area (Å²) in [6, 6.07) is 10.5. The van der Waals surface area contributed by atoms with Crippen LogP contribution >= 0.6 is 0 Å². The fourth-order valence-corrected chi connectivity index (χ4v) is 2.72. The van der Waals surface area contributed by atoms with Crippen LogP contribution in [0, 0.1) is 0 Å². The molecule has 0 saturated carbocycles. The molecule has 2 heterocycles. The summed E-state index contributed by atoms with van der Waals surface area (Å²) in [5.74, 6) is -0.181. The Kier molecular flexibility index (Phi) is 5.41. The van der Waals surface area contributed by atoms with Crippen molar-refractivity contribution in [1.29, 1.82) is 0 Å². The average Bonchev–Trinajstić information content (AvgIpc) is 3.11. The topological polar surface area (TPSA) is 83.6 Å². The van der Waals surface area contributed by atoms with Gasteiger partial charge in [0, 0.05) is 37.6 Å². The molecule has 7 nitrogen and oxygen atoms in total. The molecule has 2 N–H and O–H groups in total. The number of fused-ring (bicyclic) bond motifs is 1. The first-order valence-corrected chi connectivity index (χ1v) is 8.80. The van der Waals surface area contributed by atoms with E-state index in [1.165, 1.54) is 0 Å². The summed E-state index contributed by atoms with van der Waals surface area (Å²) in [6.45, 7) is 5.25. The van der Waals surface area contributed by atoms with Gasteiger partial charge in [0.25, 0.3) is 5.91 Å². The Morgan fingerprint density at radius 2 is 1.93 bits per heavy atom. The predicted molar refractivity (Wildman–Crippen MR) is 102 cm³/mol. The smallest absolute Gasteiger partial charge is 0.322 e. The van der Waals surface area contributed by atoms with Crippen LogP contribution in [-0.2, 0) is 17.8 Å². The summed E-state index contributed by atoms with van der Waals surface area (Å²) in [7, 11) is 1.61.